The van der Waals surface area contributed by atoms with Crippen molar-refractivity contribution < 1.29 is 13.2 Å². The largest absolute Gasteiger partial charge is 0.433 e. The number of alkyl halides is 3. The van der Waals surface area contributed by atoms with Gasteiger partial charge in [0, 0.05) is 18.5 Å². The van der Waals surface area contributed by atoms with Crippen molar-refractivity contribution in [2.24, 2.45) is 0 Å². The van der Waals surface area contributed by atoms with E-state index in [9.17, 15) is 13.2 Å². The number of nitrogens with zero attached hydrogens (tertiary/aromatic N) is 4. The molecule has 2 aromatic rings. The Labute approximate surface area is 82.4 Å². The highest BCUT2D eigenvalue weighted by Crippen LogP contribution is 2.27. The lowest BCUT2D eigenvalue weighted by Crippen LogP contribution is -2.09. The average molecular weight is 214 g/mol. The Bertz CT molecular complexity index is 449. The second kappa shape index (κ2) is 3.34. The first-order chi connectivity index (χ1) is 7.07. The van der Waals surface area contributed by atoms with Crippen LogP contribution in [0.15, 0.2) is 31.1 Å². The quantitative estimate of drug-likeness (QED) is 0.725. The predicted molar refractivity (Wildman–Crippen MR) is 44.2 cm³/mol. The summed E-state index contributed by atoms with van der Waals surface area (Å²) in [5, 5.41) is 0. The van der Waals surface area contributed by atoms with Crippen LogP contribution in [0.5, 0.6) is 0 Å². The van der Waals surface area contributed by atoms with Crippen LogP contribution in [0.3, 0.4) is 0 Å². The van der Waals surface area contributed by atoms with Gasteiger partial charge in [-0.15, -0.1) is 0 Å². The molecular weight excluding hydrogens is 209 g/mol. The number of halogens is 3. The summed E-state index contributed by atoms with van der Waals surface area (Å²) in [6.07, 6.45) is 0.733. The highest BCUT2D eigenvalue weighted by atomic mass is 19.4. The summed E-state index contributed by atoms with van der Waals surface area (Å²) in [6, 6.07) is 0.863. The molecule has 2 heterocycles. The third kappa shape index (κ3) is 1.95. The zero-order valence-corrected chi connectivity index (χ0v) is 7.31. The van der Waals surface area contributed by atoms with Crippen LogP contribution in [0.4, 0.5) is 13.2 Å². The molecule has 0 atom stereocenters. The average Bonchev–Trinajstić information content (AvgIpc) is 2.69. The Balaban J connectivity index is 2.44. The van der Waals surface area contributed by atoms with E-state index < -0.39 is 11.9 Å². The molecule has 15 heavy (non-hydrogen) atoms. The molecule has 0 saturated heterocycles. The molecule has 0 spiro atoms. The summed E-state index contributed by atoms with van der Waals surface area (Å²) < 4.78 is 38.3. The number of hydrogen-bond acceptors (Lipinski definition) is 3. The Morgan fingerprint density at radius 1 is 1.20 bits per heavy atom. The van der Waals surface area contributed by atoms with Crippen molar-refractivity contribution in [3.63, 3.8) is 0 Å². The first kappa shape index (κ1) is 9.63. The predicted octanol–water partition coefficient (Wildman–Crippen LogP) is 1.68. The standard InChI is InChI=1S/C8H5F3N4/c9-8(10,11)6-3-7(14-4-13-6)15-2-1-12-5-15/h1-5H. The van der Waals surface area contributed by atoms with Gasteiger partial charge in [0.2, 0.25) is 0 Å². The minimum Gasteiger partial charge on any atom is -0.290 e. The van der Waals surface area contributed by atoms with E-state index >= 15 is 0 Å². The van der Waals surface area contributed by atoms with Crippen molar-refractivity contribution in [2.45, 2.75) is 6.18 Å². The van der Waals surface area contributed by atoms with Gasteiger partial charge in [0.05, 0.1) is 0 Å². The zero-order valence-electron chi connectivity index (χ0n) is 7.31. The third-order valence-electron chi connectivity index (χ3n) is 1.71. The Morgan fingerprint density at radius 3 is 2.60 bits per heavy atom. The minimum absolute atomic E-state index is 0.134. The fourth-order valence-electron chi connectivity index (χ4n) is 1.04. The fourth-order valence-corrected chi connectivity index (χ4v) is 1.04. The molecule has 78 valence electrons. The Hall–Kier alpha value is -1.92. The van der Waals surface area contributed by atoms with Crippen molar-refractivity contribution >= 4 is 0 Å². The van der Waals surface area contributed by atoms with Crippen LogP contribution in [0.1, 0.15) is 5.69 Å². The molecule has 2 aromatic heterocycles. The SMILES string of the molecule is FC(F)(F)c1cc(-n2ccnc2)ncn1. The topological polar surface area (TPSA) is 43.6 Å². The molecule has 7 heteroatoms. The van der Waals surface area contributed by atoms with Crippen molar-refractivity contribution in [3.05, 3.63) is 36.8 Å². The molecular formula is C8H5F3N4. The van der Waals surface area contributed by atoms with Gasteiger partial charge in [0.25, 0.3) is 0 Å². The van der Waals surface area contributed by atoms with Crippen LogP contribution >= 0.6 is 0 Å². The van der Waals surface area contributed by atoms with Gasteiger partial charge in [-0.3, -0.25) is 4.57 Å². The maximum absolute atomic E-state index is 12.3. The van der Waals surface area contributed by atoms with E-state index in [4.69, 9.17) is 0 Å². The number of hydrogen-bond donors (Lipinski definition) is 0. The highest BCUT2D eigenvalue weighted by molar-refractivity contribution is 5.24. The van der Waals surface area contributed by atoms with Gasteiger partial charge in [-0.05, 0) is 0 Å². The van der Waals surface area contributed by atoms with Crippen LogP contribution in [0, 0.1) is 0 Å². The molecule has 0 fully saturated rings. The van der Waals surface area contributed by atoms with E-state index in [0.717, 1.165) is 12.4 Å². The van der Waals surface area contributed by atoms with Gasteiger partial charge in [-0.2, -0.15) is 13.2 Å². The van der Waals surface area contributed by atoms with Gasteiger partial charge < -0.3 is 0 Å². The number of rotatable bonds is 1. The lowest BCUT2D eigenvalue weighted by molar-refractivity contribution is -0.141. The Morgan fingerprint density at radius 2 is 2.00 bits per heavy atom. The molecule has 0 N–H and O–H groups in total. The van der Waals surface area contributed by atoms with E-state index in [0.29, 0.717) is 0 Å². The van der Waals surface area contributed by atoms with E-state index in [-0.39, 0.29) is 5.82 Å². The maximum Gasteiger partial charge on any atom is 0.433 e. The molecule has 0 unspecified atom stereocenters. The van der Waals surface area contributed by atoms with Gasteiger partial charge in [0.1, 0.15) is 24.2 Å². The van der Waals surface area contributed by atoms with Gasteiger partial charge in [-0.1, -0.05) is 0 Å². The molecule has 0 amide bonds. The molecule has 0 aliphatic heterocycles. The summed E-state index contributed by atoms with van der Waals surface area (Å²) in [5.74, 6) is 0.134. The van der Waals surface area contributed by atoms with Crippen LogP contribution in [0.2, 0.25) is 0 Å². The van der Waals surface area contributed by atoms with E-state index in [2.05, 4.69) is 15.0 Å². The lowest BCUT2D eigenvalue weighted by atomic mass is 10.4. The summed E-state index contributed by atoms with van der Waals surface area (Å²) in [5.41, 5.74) is -0.971. The summed E-state index contributed by atoms with van der Waals surface area (Å²) in [7, 11) is 0. The first-order valence-corrected chi connectivity index (χ1v) is 3.95. The minimum atomic E-state index is -4.46. The monoisotopic (exact) mass is 214 g/mol. The normalized spacial score (nSPS) is 11.7. The molecule has 0 bridgehead atoms. The summed E-state index contributed by atoms with van der Waals surface area (Å²) in [6.45, 7) is 0. The molecule has 0 aliphatic rings. The maximum atomic E-state index is 12.3. The van der Waals surface area contributed by atoms with Crippen molar-refractivity contribution in [1.82, 2.24) is 19.5 Å². The number of aromatic nitrogens is 4. The van der Waals surface area contributed by atoms with E-state index in [1.54, 1.807) is 0 Å². The highest BCUT2D eigenvalue weighted by Gasteiger charge is 2.32. The Kier molecular flexibility index (Phi) is 2.14. The lowest BCUT2D eigenvalue weighted by Gasteiger charge is -2.06. The number of imidazole rings is 1. The molecule has 0 aromatic carbocycles. The molecule has 0 radical (unpaired) electrons. The van der Waals surface area contributed by atoms with E-state index in [1.165, 1.54) is 23.3 Å². The van der Waals surface area contributed by atoms with Gasteiger partial charge >= 0.3 is 6.18 Å². The molecule has 0 aliphatic carbocycles. The van der Waals surface area contributed by atoms with Crippen molar-refractivity contribution in [1.29, 1.82) is 0 Å². The van der Waals surface area contributed by atoms with Gasteiger partial charge in [-0.25, -0.2) is 15.0 Å². The molecule has 4 nitrogen and oxygen atoms in total. The second-order valence-corrected chi connectivity index (χ2v) is 2.73. The van der Waals surface area contributed by atoms with Gasteiger partial charge in [0.15, 0.2) is 0 Å². The van der Waals surface area contributed by atoms with Crippen LogP contribution in [-0.4, -0.2) is 19.5 Å². The fraction of sp³-hybridized carbons (Fsp3) is 0.125. The third-order valence-corrected chi connectivity index (χ3v) is 1.71. The molecule has 2 rings (SSSR count). The van der Waals surface area contributed by atoms with Crippen LogP contribution < -0.4 is 0 Å². The zero-order chi connectivity index (χ0) is 10.9. The van der Waals surface area contributed by atoms with Crippen LogP contribution in [0.25, 0.3) is 5.82 Å². The van der Waals surface area contributed by atoms with E-state index in [1.807, 2.05) is 0 Å². The smallest absolute Gasteiger partial charge is 0.290 e. The molecule has 0 saturated carbocycles. The second-order valence-electron chi connectivity index (χ2n) is 2.73. The van der Waals surface area contributed by atoms with Crippen LogP contribution in [-0.2, 0) is 6.18 Å². The first-order valence-electron chi connectivity index (χ1n) is 3.95. The van der Waals surface area contributed by atoms with Crippen molar-refractivity contribution in [2.75, 3.05) is 0 Å². The van der Waals surface area contributed by atoms with Crippen molar-refractivity contribution in [3.8, 4) is 5.82 Å². The summed E-state index contributed by atoms with van der Waals surface area (Å²) in [4.78, 5) is 10.6. The summed E-state index contributed by atoms with van der Waals surface area (Å²) >= 11 is 0.